The van der Waals surface area contributed by atoms with Crippen LogP contribution in [-0.2, 0) is 10.0 Å². The zero-order valence-electron chi connectivity index (χ0n) is 15.0. The Bertz CT molecular complexity index is 876. The average molecular weight is 361 g/mol. The number of ether oxygens (including phenoxy) is 1. The molecule has 7 heteroatoms. The van der Waals surface area contributed by atoms with Crippen LogP contribution in [0.5, 0.6) is 6.01 Å². The largest absolute Gasteiger partial charge is 0.459 e. The van der Waals surface area contributed by atoms with Crippen molar-refractivity contribution in [2.75, 3.05) is 13.1 Å². The summed E-state index contributed by atoms with van der Waals surface area (Å²) in [7, 11) is -3.52. The highest BCUT2D eigenvalue weighted by atomic mass is 32.2. The van der Waals surface area contributed by atoms with Crippen molar-refractivity contribution in [1.82, 2.24) is 14.3 Å². The summed E-state index contributed by atoms with van der Waals surface area (Å²) in [5.74, 6) is 0. The van der Waals surface area contributed by atoms with Gasteiger partial charge in [0.25, 0.3) is 0 Å². The highest BCUT2D eigenvalue weighted by Gasteiger charge is 2.34. The molecule has 134 valence electrons. The van der Waals surface area contributed by atoms with Gasteiger partial charge in [0.2, 0.25) is 10.0 Å². The van der Waals surface area contributed by atoms with Gasteiger partial charge in [0.15, 0.2) is 0 Å². The first-order chi connectivity index (χ1) is 11.8. The molecule has 1 aromatic heterocycles. The molecule has 6 nitrogen and oxygen atoms in total. The molecule has 1 fully saturated rings. The fourth-order valence-corrected chi connectivity index (χ4v) is 4.83. The van der Waals surface area contributed by atoms with E-state index in [9.17, 15) is 8.42 Å². The second kappa shape index (κ2) is 6.72. The van der Waals surface area contributed by atoms with Crippen LogP contribution < -0.4 is 4.74 Å². The van der Waals surface area contributed by atoms with Gasteiger partial charge in [-0.2, -0.15) is 4.31 Å². The lowest BCUT2D eigenvalue weighted by atomic mass is 10.2. The third-order valence-electron chi connectivity index (χ3n) is 4.30. The van der Waals surface area contributed by atoms with Gasteiger partial charge in [0.1, 0.15) is 6.10 Å². The van der Waals surface area contributed by atoms with E-state index in [-0.39, 0.29) is 6.10 Å². The lowest BCUT2D eigenvalue weighted by molar-refractivity contribution is 0.197. The number of rotatable bonds is 4. The SMILES string of the molecule is Cc1ccc(C)c(S(=O)(=O)N2CCC(Oc3nc(C)cc(C)n3)C2)c1. The molecule has 1 saturated heterocycles. The number of hydrogen-bond donors (Lipinski definition) is 0. The van der Waals surface area contributed by atoms with E-state index < -0.39 is 10.0 Å². The normalized spacial score (nSPS) is 18.5. The summed E-state index contributed by atoms with van der Waals surface area (Å²) >= 11 is 0. The molecule has 0 amide bonds. The van der Waals surface area contributed by atoms with Gasteiger partial charge in [-0.1, -0.05) is 12.1 Å². The summed E-state index contributed by atoms with van der Waals surface area (Å²) in [5, 5.41) is 0. The highest BCUT2D eigenvalue weighted by molar-refractivity contribution is 7.89. The predicted molar refractivity (Wildman–Crippen MR) is 95.2 cm³/mol. The predicted octanol–water partition coefficient (Wildman–Crippen LogP) is 2.55. The van der Waals surface area contributed by atoms with Gasteiger partial charge in [0.05, 0.1) is 11.4 Å². The maximum absolute atomic E-state index is 13.0. The fourth-order valence-electron chi connectivity index (χ4n) is 3.03. The second-order valence-electron chi connectivity index (χ2n) is 6.59. The molecule has 0 saturated carbocycles. The molecular weight excluding hydrogens is 338 g/mol. The number of benzene rings is 1. The van der Waals surface area contributed by atoms with Crippen LogP contribution in [-0.4, -0.2) is 41.9 Å². The molecule has 0 aliphatic carbocycles. The Morgan fingerprint density at radius 2 is 1.76 bits per heavy atom. The van der Waals surface area contributed by atoms with E-state index in [1.165, 1.54) is 4.31 Å². The topological polar surface area (TPSA) is 72.4 Å². The third-order valence-corrected chi connectivity index (χ3v) is 6.31. The molecule has 2 heterocycles. The van der Waals surface area contributed by atoms with Crippen molar-refractivity contribution in [3.8, 4) is 6.01 Å². The van der Waals surface area contributed by atoms with Crippen molar-refractivity contribution in [2.45, 2.75) is 45.1 Å². The minimum atomic E-state index is -3.52. The molecular formula is C18H23N3O3S. The van der Waals surface area contributed by atoms with E-state index in [4.69, 9.17) is 4.74 Å². The maximum atomic E-state index is 13.0. The quantitative estimate of drug-likeness (QED) is 0.837. The Morgan fingerprint density at radius 1 is 1.08 bits per heavy atom. The van der Waals surface area contributed by atoms with Crippen LogP contribution >= 0.6 is 0 Å². The summed E-state index contributed by atoms with van der Waals surface area (Å²) < 4.78 is 33.2. The van der Waals surface area contributed by atoms with Gasteiger partial charge in [-0.25, -0.2) is 18.4 Å². The molecule has 1 unspecified atom stereocenters. The lowest BCUT2D eigenvalue weighted by Crippen LogP contribution is -2.31. The van der Waals surface area contributed by atoms with Gasteiger partial charge < -0.3 is 4.74 Å². The van der Waals surface area contributed by atoms with Crippen LogP contribution in [0, 0.1) is 27.7 Å². The zero-order chi connectivity index (χ0) is 18.2. The molecule has 1 aromatic carbocycles. The summed E-state index contributed by atoms with van der Waals surface area (Å²) in [6.45, 7) is 8.23. The van der Waals surface area contributed by atoms with Crippen molar-refractivity contribution in [3.63, 3.8) is 0 Å². The molecule has 0 spiro atoms. The summed E-state index contributed by atoms with van der Waals surface area (Å²) in [6, 6.07) is 7.68. The molecule has 1 aliphatic rings. The molecule has 1 aliphatic heterocycles. The lowest BCUT2D eigenvalue weighted by Gasteiger charge is -2.18. The van der Waals surface area contributed by atoms with E-state index in [1.807, 2.05) is 45.9 Å². The van der Waals surface area contributed by atoms with Crippen molar-refractivity contribution >= 4 is 10.0 Å². The smallest absolute Gasteiger partial charge is 0.317 e. The van der Waals surface area contributed by atoms with Crippen molar-refractivity contribution in [1.29, 1.82) is 0 Å². The standard InChI is InChI=1S/C18H23N3O3S/c1-12-5-6-13(2)17(9-12)25(22,23)21-8-7-16(11-21)24-18-19-14(3)10-15(4)20-18/h5-6,9-10,16H,7-8,11H2,1-4H3. The number of sulfonamides is 1. The number of nitrogens with zero attached hydrogens (tertiary/aromatic N) is 3. The van der Waals surface area contributed by atoms with E-state index >= 15 is 0 Å². The average Bonchev–Trinajstić information content (AvgIpc) is 2.98. The molecule has 0 bridgehead atoms. The summed E-state index contributed by atoms with van der Waals surface area (Å²) in [5.41, 5.74) is 3.35. The van der Waals surface area contributed by atoms with E-state index in [0.717, 1.165) is 22.5 Å². The van der Waals surface area contributed by atoms with Gasteiger partial charge in [-0.15, -0.1) is 0 Å². The minimum Gasteiger partial charge on any atom is -0.459 e. The van der Waals surface area contributed by atoms with Gasteiger partial charge in [-0.05, 0) is 57.4 Å². The number of hydrogen-bond acceptors (Lipinski definition) is 5. The second-order valence-corrected chi connectivity index (χ2v) is 8.50. The molecule has 0 N–H and O–H groups in total. The monoisotopic (exact) mass is 361 g/mol. The van der Waals surface area contributed by atoms with Crippen LogP contribution in [0.3, 0.4) is 0 Å². The first-order valence-electron chi connectivity index (χ1n) is 8.32. The summed E-state index contributed by atoms with van der Waals surface area (Å²) in [4.78, 5) is 8.91. The molecule has 1 atom stereocenters. The summed E-state index contributed by atoms with van der Waals surface area (Å²) in [6.07, 6.45) is 0.390. The Labute approximate surface area is 148 Å². The fraction of sp³-hybridized carbons (Fsp3) is 0.444. The minimum absolute atomic E-state index is 0.235. The number of aromatic nitrogens is 2. The van der Waals surface area contributed by atoms with Gasteiger partial charge in [0, 0.05) is 17.9 Å². The van der Waals surface area contributed by atoms with Crippen molar-refractivity contribution < 1.29 is 13.2 Å². The third kappa shape index (κ3) is 3.82. The van der Waals surface area contributed by atoms with E-state index in [0.29, 0.717) is 30.4 Å². The van der Waals surface area contributed by atoms with E-state index in [2.05, 4.69) is 9.97 Å². The highest BCUT2D eigenvalue weighted by Crippen LogP contribution is 2.26. The van der Waals surface area contributed by atoms with Crippen molar-refractivity contribution in [2.24, 2.45) is 0 Å². The van der Waals surface area contributed by atoms with Crippen LogP contribution in [0.15, 0.2) is 29.2 Å². The molecule has 0 radical (unpaired) electrons. The number of aryl methyl sites for hydroxylation is 4. The Balaban J connectivity index is 1.76. The van der Waals surface area contributed by atoms with Crippen LogP contribution in [0.4, 0.5) is 0 Å². The molecule has 3 rings (SSSR count). The first-order valence-corrected chi connectivity index (χ1v) is 9.76. The van der Waals surface area contributed by atoms with E-state index in [1.54, 1.807) is 6.07 Å². The molecule has 2 aromatic rings. The Hall–Kier alpha value is -1.99. The van der Waals surface area contributed by atoms with Gasteiger partial charge >= 0.3 is 6.01 Å². The van der Waals surface area contributed by atoms with Crippen LogP contribution in [0.25, 0.3) is 0 Å². The van der Waals surface area contributed by atoms with Crippen LogP contribution in [0.1, 0.15) is 28.9 Å². The molecule has 25 heavy (non-hydrogen) atoms. The first kappa shape index (κ1) is 17.8. The van der Waals surface area contributed by atoms with Gasteiger partial charge in [-0.3, -0.25) is 0 Å². The van der Waals surface area contributed by atoms with Crippen molar-refractivity contribution in [3.05, 3.63) is 46.8 Å². The Morgan fingerprint density at radius 3 is 2.44 bits per heavy atom. The maximum Gasteiger partial charge on any atom is 0.317 e. The van der Waals surface area contributed by atoms with Crippen LogP contribution in [0.2, 0.25) is 0 Å². The Kier molecular flexibility index (Phi) is 4.79. The zero-order valence-corrected chi connectivity index (χ0v) is 15.8.